The van der Waals surface area contributed by atoms with E-state index in [2.05, 4.69) is 6.58 Å². The molecule has 0 N–H and O–H groups in total. The number of carbonyl (C=O) groups excluding carboxylic acids is 1. The molecule has 4 heteroatoms. The molecule has 0 aliphatic rings. The molecule has 0 fully saturated rings. The molecule has 0 heterocycles. The number of carbonyl (C=O) groups is 1. The van der Waals surface area contributed by atoms with Crippen molar-refractivity contribution in [1.29, 1.82) is 0 Å². The summed E-state index contributed by atoms with van der Waals surface area (Å²) >= 11 is 0. The lowest BCUT2D eigenvalue weighted by atomic mass is 10.0. The lowest BCUT2D eigenvalue weighted by Crippen LogP contribution is -2.10. The van der Waals surface area contributed by atoms with Gasteiger partial charge in [-0.1, -0.05) is 55.1 Å². The van der Waals surface area contributed by atoms with E-state index < -0.39 is 23.4 Å². The molecule has 0 amide bonds. The SMILES string of the molecule is C=Cc1ccc(-c2ccc(C(=O)Oc3ccc(C)c(F)c3F)cc2)cc1. The molecule has 130 valence electrons. The zero-order chi connectivity index (χ0) is 18.7. The highest BCUT2D eigenvalue weighted by Crippen LogP contribution is 2.24. The Bertz CT molecular complexity index is 959. The van der Waals surface area contributed by atoms with Crippen molar-refractivity contribution in [2.24, 2.45) is 0 Å². The summed E-state index contributed by atoms with van der Waals surface area (Å²) in [5.74, 6) is -3.37. The van der Waals surface area contributed by atoms with Crippen LogP contribution >= 0.6 is 0 Å². The lowest BCUT2D eigenvalue weighted by molar-refractivity contribution is 0.0726. The largest absolute Gasteiger partial charge is 0.420 e. The summed E-state index contributed by atoms with van der Waals surface area (Å²) < 4.78 is 32.4. The first-order valence-corrected chi connectivity index (χ1v) is 7.99. The first kappa shape index (κ1) is 17.5. The molecule has 0 bridgehead atoms. The smallest absolute Gasteiger partial charge is 0.343 e. The molecule has 0 aliphatic heterocycles. The van der Waals surface area contributed by atoms with Crippen LogP contribution in [0.2, 0.25) is 0 Å². The zero-order valence-electron chi connectivity index (χ0n) is 14.1. The third-order valence-electron chi connectivity index (χ3n) is 4.04. The Morgan fingerprint density at radius 2 is 1.46 bits per heavy atom. The molecule has 0 saturated heterocycles. The average molecular weight is 350 g/mol. The van der Waals surface area contributed by atoms with Crippen LogP contribution in [0.5, 0.6) is 5.75 Å². The van der Waals surface area contributed by atoms with Crippen molar-refractivity contribution in [3.8, 4) is 16.9 Å². The van der Waals surface area contributed by atoms with Crippen molar-refractivity contribution in [2.75, 3.05) is 0 Å². The van der Waals surface area contributed by atoms with E-state index in [0.717, 1.165) is 16.7 Å². The molecular weight excluding hydrogens is 334 g/mol. The molecule has 0 atom stereocenters. The zero-order valence-corrected chi connectivity index (χ0v) is 14.1. The van der Waals surface area contributed by atoms with Crippen molar-refractivity contribution < 1.29 is 18.3 Å². The normalized spacial score (nSPS) is 10.4. The van der Waals surface area contributed by atoms with Gasteiger partial charge < -0.3 is 4.74 Å². The lowest BCUT2D eigenvalue weighted by Gasteiger charge is -2.08. The van der Waals surface area contributed by atoms with Gasteiger partial charge in [0.1, 0.15) is 0 Å². The van der Waals surface area contributed by atoms with Crippen LogP contribution in [0.15, 0.2) is 67.2 Å². The Hall–Kier alpha value is -3.27. The summed E-state index contributed by atoms with van der Waals surface area (Å²) in [5, 5.41) is 0. The predicted octanol–water partition coefficient (Wildman–Crippen LogP) is 5.80. The molecule has 2 nitrogen and oxygen atoms in total. The van der Waals surface area contributed by atoms with Gasteiger partial charge in [-0.3, -0.25) is 0 Å². The van der Waals surface area contributed by atoms with Gasteiger partial charge in [-0.15, -0.1) is 0 Å². The first-order valence-electron chi connectivity index (χ1n) is 7.99. The van der Waals surface area contributed by atoms with Gasteiger partial charge in [0, 0.05) is 0 Å². The molecule has 26 heavy (non-hydrogen) atoms. The maximum Gasteiger partial charge on any atom is 0.343 e. The molecule has 0 spiro atoms. The number of hydrogen-bond acceptors (Lipinski definition) is 2. The highest BCUT2D eigenvalue weighted by Gasteiger charge is 2.16. The van der Waals surface area contributed by atoms with Crippen molar-refractivity contribution in [3.63, 3.8) is 0 Å². The number of benzene rings is 3. The van der Waals surface area contributed by atoms with E-state index in [4.69, 9.17) is 4.74 Å². The summed E-state index contributed by atoms with van der Waals surface area (Å²) in [6.45, 7) is 5.15. The van der Waals surface area contributed by atoms with Crippen LogP contribution < -0.4 is 4.74 Å². The van der Waals surface area contributed by atoms with E-state index in [1.54, 1.807) is 30.3 Å². The highest BCUT2D eigenvalue weighted by molar-refractivity contribution is 5.91. The fourth-order valence-electron chi connectivity index (χ4n) is 2.48. The van der Waals surface area contributed by atoms with Gasteiger partial charge in [0.2, 0.25) is 5.82 Å². The number of rotatable bonds is 4. The Kier molecular flexibility index (Phi) is 4.94. The summed E-state index contributed by atoms with van der Waals surface area (Å²) in [6.07, 6.45) is 1.76. The molecule has 3 aromatic carbocycles. The number of aryl methyl sites for hydroxylation is 1. The monoisotopic (exact) mass is 350 g/mol. The molecule has 3 aromatic rings. The van der Waals surface area contributed by atoms with Crippen LogP contribution in [0.4, 0.5) is 8.78 Å². The number of esters is 1. The Morgan fingerprint density at radius 1 is 0.885 bits per heavy atom. The molecule has 0 unspecified atom stereocenters. The Balaban J connectivity index is 1.78. The Labute approximate surface area is 150 Å². The molecule has 0 aliphatic carbocycles. The van der Waals surface area contributed by atoms with Crippen LogP contribution in [0.25, 0.3) is 17.2 Å². The fraction of sp³-hybridized carbons (Fsp3) is 0.0455. The summed E-state index contributed by atoms with van der Waals surface area (Å²) in [6, 6.07) is 17.1. The third kappa shape index (κ3) is 3.54. The Morgan fingerprint density at radius 3 is 2.04 bits per heavy atom. The maximum atomic E-state index is 13.8. The maximum absolute atomic E-state index is 13.8. The summed E-state index contributed by atoms with van der Waals surface area (Å²) in [7, 11) is 0. The molecule has 0 saturated carbocycles. The number of ether oxygens (including phenoxy) is 1. The van der Waals surface area contributed by atoms with Crippen molar-refractivity contribution in [2.45, 2.75) is 6.92 Å². The van der Waals surface area contributed by atoms with Gasteiger partial charge in [0.25, 0.3) is 0 Å². The summed E-state index contributed by atoms with van der Waals surface area (Å²) in [4.78, 5) is 12.2. The second-order valence-electron chi connectivity index (χ2n) is 5.80. The standard InChI is InChI=1S/C22H16F2O2/c1-3-15-5-7-16(8-6-15)17-9-11-18(12-10-17)22(25)26-19-13-4-14(2)20(23)21(19)24/h3-13H,1H2,2H3. The van der Waals surface area contributed by atoms with Gasteiger partial charge in [-0.25, -0.2) is 9.18 Å². The van der Waals surface area contributed by atoms with Crippen molar-refractivity contribution in [3.05, 3.63) is 95.6 Å². The summed E-state index contributed by atoms with van der Waals surface area (Å²) in [5.41, 5.74) is 3.32. The second-order valence-corrected chi connectivity index (χ2v) is 5.80. The van der Waals surface area contributed by atoms with E-state index in [1.165, 1.54) is 19.1 Å². The first-order chi connectivity index (χ1) is 12.5. The van der Waals surface area contributed by atoms with Crippen LogP contribution in [-0.2, 0) is 0 Å². The quantitative estimate of drug-likeness (QED) is 0.439. The van der Waals surface area contributed by atoms with E-state index in [9.17, 15) is 13.6 Å². The fourth-order valence-corrected chi connectivity index (χ4v) is 2.48. The third-order valence-corrected chi connectivity index (χ3v) is 4.04. The van der Waals surface area contributed by atoms with Crippen LogP contribution in [0.1, 0.15) is 21.5 Å². The van der Waals surface area contributed by atoms with Gasteiger partial charge in [0.05, 0.1) is 5.56 Å². The molecular formula is C22H16F2O2. The minimum absolute atomic E-state index is 0.147. The molecule has 0 aromatic heterocycles. The predicted molar refractivity (Wildman–Crippen MR) is 98.0 cm³/mol. The van der Waals surface area contributed by atoms with Crippen LogP contribution in [0, 0.1) is 18.6 Å². The van der Waals surface area contributed by atoms with E-state index in [0.29, 0.717) is 0 Å². The van der Waals surface area contributed by atoms with E-state index in [1.807, 2.05) is 24.3 Å². The molecule has 3 rings (SSSR count). The van der Waals surface area contributed by atoms with Gasteiger partial charge in [-0.2, -0.15) is 4.39 Å². The van der Waals surface area contributed by atoms with Gasteiger partial charge >= 0.3 is 5.97 Å². The minimum atomic E-state index is -1.17. The van der Waals surface area contributed by atoms with Crippen LogP contribution in [0.3, 0.4) is 0 Å². The van der Waals surface area contributed by atoms with Gasteiger partial charge in [-0.05, 0) is 47.4 Å². The van der Waals surface area contributed by atoms with E-state index >= 15 is 0 Å². The average Bonchev–Trinajstić information content (AvgIpc) is 2.68. The molecule has 0 radical (unpaired) electrons. The highest BCUT2D eigenvalue weighted by atomic mass is 19.2. The topological polar surface area (TPSA) is 26.3 Å². The van der Waals surface area contributed by atoms with Gasteiger partial charge in [0.15, 0.2) is 11.6 Å². The second kappa shape index (κ2) is 7.31. The van der Waals surface area contributed by atoms with Crippen molar-refractivity contribution in [1.82, 2.24) is 0 Å². The number of hydrogen-bond donors (Lipinski definition) is 0. The van der Waals surface area contributed by atoms with Crippen molar-refractivity contribution >= 4 is 12.0 Å². The number of halogens is 2. The van der Waals surface area contributed by atoms with Crippen LogP contribution in [-0.4, -0.2) is 5.97 Å². The minimum Gasteiger partial charge on any atom is -0.420 e. The van der Waals surface area contributed by atoms with E-state index in [-0.39, 0.29) is 11.1 Å².